The minimum Gasteiger partial charge on any atom is -0.463 e. The van der Waals surface area contributed by atoms with E-state index >= 15 is 0 Å². The first-order valence-electron chi connectivity index (χ1n) is 7.32. The number of carbonyl (C=O) groups excluding carboxylic acids is 2. The molecule has 5 nitrogen and oxygen atoms in total. The largest absolute Gasteiger partial charge is 0.463 e. The molecule has 0 saturated heterocycles. The number of alkyl carbamates (subject to hydrolysis) is 1. The van der Waals surface area contributed by atoms with E-state index in [1.807, 2.05) is 27.7 Å². The van der Waals surface area contributed by atoms with Gasteiger partial charge in [-0.05, 0) is 51.9 Å². The van der Waals surface area contributed by atoms with Gasteiger partial charge in [0.25, 0.3) is 0 Å². The van der Waals surface area contributed by atoms with Crippen LogP contribution in [0, 0.1) is 0 Å². The van der Waals surface area contributed by atoms with E-state index in [4.69, 9.17) is 9.47 Å². The molecule has 6 heteroatoms. The molecular formula is C15H25NO4S. The van der Waals surface area contributed by atoms with Gasteiger partial charge in [-0.25, -0.2) is 9.59 Å². The summed E-state index contributed by atoms with van der Waals surface area (Å²) in [5, 5.41) is 2.71. The number of allylic oxidation sites excluding steroid dienone is 1. The normalized spacial score (nSPS) is 15.0. The molecule has 1 amide bonds. The van der Waals surface area contributed by atoms with Crippen LogP contribution in [0.5, 0.6) is 0 Å². The fraction of sp³-hybridized carbons (Fsp3) is 0.733. The zero-order valence-corrected chi connectivity index (χ0v) is 14.1. The number of thioether (sulfide) groups is 1. The van der Waals surface area contributed by atoms with E-state index < -0.39 is 11.7 Å². The van der Waals surface area contributed by atoms with Crippen LogP contribution in [0.15, 0.2) is 10.5 Å². The molecule has 0 aromatic carbocycles. The Morgan fingerprint density at radius 3 is 2.62 bits per heavy atom. The second-order valence-electron chi connectivity index (χ2n) is 5.75. The summed E-state index contributed by atoms with van der Waals surface area (Å²) in [5.41, 5.74) is 0.321. The van der Waals surface area contributed by atoms with Gasteiger partial charge in [0.2, 0.25) is 0 Å². The van der Waals surface area contributed by atoms with Crippen molar-refractivity contribution in [1.82, 2.24) is 5.32 Å². The van der Waals surface area contributed by atoms with Crippen LogP contribution in [0.25, 0.3) is 0 Å². The van der Waals surface area contributed by atoms with Crippen LogP contribution in [-0.4, -0.2) is 36.6 Å². The van der Waals surface area contributed by atoms with Crippen molar-refractivity contribution in [3.63, 3.8) is 0 Å². The van der Waals surface area contributed by atoms with Gasteiger partial charge < -0.3 is 14.8 Å². The number of hydrogen-bond donors (Lipinski definition) is 1. The highest BCUT2D eigenvalue weighted by atomic mass is 32.2. The monoisotopic (exact) mass is 315 g/mol. The van der Waals surface area contributed by atoms with Gasteiger partial charge in [0.15, 0.2) is 0 Å². The highest BCUT2D eigenvalue weighted by Gasteiger charge is 2.22. The van der Waals surface area contributed by atoms with Gasteiger partial charge in [-0.3, -0.25) is 0 Å². The van der Waals surface area contributed by atoms with Gasteiger partial charge in [-0.15, -0.1) is 11.8 Å². The number of hydrogen-bond acceptors (Lipinski definition) is 5. The third kappa shape index (κ3) is 6.89. The standard InChI is InChI=1S/C15H25NO4S/c1-5-19-13(17)11-7-6-8-12(11)21-10-9-16-14(18)20-15(2,3)4/h5-10H2,1-4H3,(H,16,18). The van der Waals surface area contributed by atoms with Gasteiger partial charge >= 0.3 is 12.1 Å². The minimum absolute atomic E-state index is 0.197. The Labute approximate surface area is 130 Å². The van der Waals surface area contributed by atoms with E-state index in [1.54, 1.807) is 11.8 Å². The van der Waals surface area contributed by atoms with Crippen molar-refractivity contribution < 1.29 is 19.1 Å². The fourth-order valence-electron chi connectivity index (χ4n) is 1.95. The number of nitrogens with one attached hydrogen (secondary N) is 1. The van der Waals surface area contributed by atoms with Crippen molar-refractivity contribution in [2.24, 2.45) is 0 Å². The zero-order valence-electron chi connectivity index (χ0n) is 13.3. The Bertz CT molecular complexity index is 412. The first-order valence-corrected chi connectivity index (χ1v) is 8.31. The van der Waals surface area contributed by atoms with E-state index in [2.05, 4.69) is 5.32 Å². The number of rotatable bonds is 6. The zero-order chi connectivity index (χ0) is 15.9. The Hall–Kier alpha value is -1.17. The topological polar surface area (TPSA) is 64.6 Å². The summed E-state index contributed by atoms with van der Waals surface area (Å²) in [4.78, 5) is 24.4. The summed E-state index contributed by atoms with van der Waals surface area (Å²) in [6, 6.07) is 0. The molecule has 21 heavy (non-hydrogen) atoms. The molecule has 120 valence electrons. The summed E-state index contributed by atoms with van der Waals surface area (Å²) in [5.74, 6) is 0.523. The van der Waals surface area contributed by atoms with Crippen molar-refractivity contribution in [3.8, 4) is 0 Å². The summed E-state index contributed by atoms with van der Waals surface area (Å²) in [7, 11) is 0. The van der Waals surface area contributed by atoms with E-state index in [9.17, 15) is 9.59 Å². The van der Waals surface area contributed by atoms with Crippen LogP contribution in [0.4, 0.5) is 4.79 Å². The Morgan fingerprint density at radius 2 is 2.00 bits per heavy atom. The van der Waals surface area contributed by atoms with Gasteiger partial charge in [0.1, 0.15) is 5.60 Å². The lowest BCUT2D eigenvalue weighted by Gasteiger charge is -2.19. The highest BCUT2D eigenvalue weighted by molar-refractivity contribution is 8.03. The summed E-state index contributed by atoms with van der Waals surface area (Å²) in [6.07, 6.45) is 2.30. The van der Waals surface area contributed by atoms with E-state index in [0.717, 1.165) is 35.5 Å². The molecule has 0 heterocycles. The predicted octanol–water partition coefficient (Wildman–Crippen LogP) is 3.25. The summed E-state index contributed by atoms with van der Waals surface area (Å²) in [6.45, 7) is 8.22. The van der Waals surface area contributed by atoms with Gasteiger partial charge in [0, 0.05) is 17.9 Å². The van der Waals surface area contributed by atoms with Crippen LogP contribution >= 0.6 is 11.8 Å². The summed E-state index contributed by atoms with van der Waals surface area (Å²) >= 11 is 1.61. The maximum absolute atomic E-state index is 11.8. The van der Waals surface area contributed by atoms with Gasteiger partial charge in [-0.2, -0.15) is 0 Å². The molecule has 1 N–H and O–H groups in total. The molecule has 0 bridgehead atoms. The molecule has 0 fully saturated rings. The molecule has 0 unspecified atom stereocenters. The third-order valence-corrected chi connectivity index (χ3v) is 3.94. The van der Waals surface area contributed by atoms with Gasteiger partial charge in [0.05, 0.1) is 6.61 Å². The van der Waals surface area contributed by atoms with Crippen LogP contribution in [0.3, 0.4) is 0 Å². The quantitative estimate of drug-likeness (QED) is 0.602. The SMILES string of the molecule is CCOC(=O)C1=C(SCCNC(=O)OC(C)(C)C)CCC1. The maximum Gasteiger partial charge on any atom is 0.407 e. The first kappa shape index (κ1) is 17.9. The molecule has 0 spiro atoms. The number of amides is 1. The molecule has 1 aliphatic rings. The molecule has 0 aromatic rings. The average Bonchev–Trinajstić information content (AvgIpc) is 2.81. The smallest absolute Gasteiger partial charge is 0.407 e. The van der Waals surface area contributed by atoms with Crippen LogP contribution in [0.2, 0.25) is 0 Å². The lowest BCUT2D eigenvalue weighted by molar-refractivity contribution is -0.138. The molecule has 1 aliphatic carbocycles. The van der Waals surface area contributed by atoms with Crippen molar-refractivity contribution in [3.05, 3.63) is 10.5 Å². The van der Waals surface area contributed by atoms with Crippen molar-refractivity contribution in [2.75, 3.05) is 18.9 Å². The minimum atomic E-state index is -0.484. The second-order valence-corrected chi connectivity index (χ2v) is 6.94. The number of esters is 1. The second kappa shape index (κ2) is 8.32. The third-order valence-electron chi connectivity index (χ3n) is 2.74. The lowest BCUT2D eigenvalue weighted by Crippen LogP contribution is -2.33. The van der Waals surface area contributed by atoms with Crippen molar-refractivity contribution in [2.45, 2.75) is 52.6 Å². The summed E-state index contributed by atoms with van der Waals surface area (Å²) < 4.78 is 10.2. The first-order chi connectivity index (χ1) is 9.83. The van der Waals surface area contributed by atoms with Crippen molar-refractivity contribution >= 4 is 23.8 Å². The Morgan fingerprint density at radius 1 is 1.29 bits per heavy atom. The van der Waals surface area contributed by atoms with E-state index in [1.165, 1.54) is 0 Å². The lowest BCUT2D eigenvalue weighted by atomic mass is 10.2. The van der Waals surface area contributed by atoms with Crippen LogP contribution < -0.4 is 5.32 Å². The molecule has 0 aliphatic heterocycles. The van der Waals surface area contributed by atoms with Crippen LogP contribution in [0.1, 0.15) is 47.0 Å². The van der Waals surface area contributed by atoms with E-state index in [0.29, 0.717) is 13.2 Å². The van der Waals surface area contributed by atoms with Crippen LogP contribution in [-0.2, 0) is 14.3 Å². The average molecular weight is 315 g/mol. The molecule has 0 radical (unpaired) electrons. The number of ether oxygens (including phenoxy) is 2. The Balaban J connectivity index is 2.33. The van der Waals surface area contributed by atoms with Crippen molar-refractivity contribution in [1.29, 1.82) is 0 Å². The predicted molar refractivity (Wildman–Crippen MR) is 84.2 cm³/mol. The number of carbonyl (C=O) groups is 2. The molecule has 1 rings (SSSR count). The molecule has 0 atom stereocenters. The highest BCUT2D eigenvalue weighted by Crippen LogP contribution is 2.34. The fourth-order valence-corrected chi connectivity index (χ4v) is 3.05. The van der Waals surface area contributed by atoms with Gasteiger partial charge in [-0.1, -0.05) is 0 Å². The maximum atomic E-state index is 11.8. The molecule has 0 saturated carbocycles. The molecule has 0 aromatic heterocycles. The Kier molecular flexibility index (Phi) is 7.08. The molecular weight excluding hydrogens is 290 g/mol. The van der Waals surface area contributed by atoms with E-state index in [-0.39, 0.29) is 5.97 Å².